The first-order valence-corrected chi connectivity index (χ1v) is 5.89. The van der Waals surface area contributed by atoms with Crippen molar-refractivity contribution in [1.29, 1.82) is 0 Å². The Bertz CT molecular complexity index is 302. The molecule has 7 nitrogen and oxygen atoms in total. The van der Waals surface area contributed by atoms with Crippen molar-refractivity contribution in [3.8, 4) is 0 Å². The van der Waals surface area contributed by atoms with Crippen LogP contribution in [0.15, 0.2) is 0 Å². The van der Waals surface area contributed by atoms with Crippen LogP contribution in [0.2, 0.25) is 0 Å². The molecule has 0 unspecified atom stereocenters. The molecule has 0 aromatic carbocycles. The minimum Gasteiger partial charge on any atom is -0.444 e. The molecule has 5 N–H and O–H groups in total. The lowest BCUT2D eigenvalue weighted by Crippen LogP contribution is -2.65. The van der Waals surface area contributed by atoms with Gasteiger partial charge in [0.25, 0.3) is 0 Å². The summed E-state index contributed by atoms with van der Waals surface area (Å²) in [4.78, 5) is 13.0. The summed E-state index contributed by atoms with van der Waals surface area (Å²) in [6.07, 6.45) is -4.16. The van der Waals surface area contributed by atoms with Gasteiger partial charge in [-0.2, -0.15) is 0 Å². The highest BCUT2D eigenvalue weighted by Crippen LogP contribution is 2.22. The fourth-order valence-corrected chi connectivity index (χ4v) is 1.83. The Hall–Kier alpha value is -0.890. The lowest BCUT2D eigenvalue weighted by Gasteiger charge is -2.43. The molecular weight excluding hydrogens is 240 g/mol. The second-order valence-corrected chi connectivity index (χ2v) is 5.55. The van der Waals surface area contributed by atoms with E-state index in [1.807, 2.05) is 0 Å². The molecule has 18 heavy (non-hydrogen) atoms. The smallest absolute Gasteiger partial charge is 0.411 e. The topological polar surface area (TPSA) is 116 Å². The molecule has 1 heterocycles. The number of carbonyl (C=O) groups excluding carboxylic acids is 1. The SMILES string of the molecule is CC(C)(C)OC(=O)N1C[C@H](CO)[C@H](O)[C@H](O)[C@H]1N. The summed E-state index contributed by atoms with van der Waals surface area (Å²) in [5.74, 6) is -0.632. The van der Waals surface area contributed by atoms with Gasteiger partial charge >= 0.3 is 6.09 Å². The predicted octanol–water partition coefficient (Wildman–Crippen LogP) is -1.15. The number of aliphatic hydroxyl groups is 3. The van der Waals surface area contributed by atoms with Crippen LogP contribution in [0.1, 0.15) is 20.8 Å². The molecule has 4 atom stereocenters. The molecule has 0 aromatic heterocycles. The van der Waals surface area contributed by atoms with Gasteiger partial charge in [-0.3, -0.25) is 4.90 Å². The maximum absolute atomic E-state index is 11.9. The normalized spacial score (nSPS) is 33.4. The summed E-state index contributed by atoms with van der Waals surface area (Å²) < 4.78 is 5.16. The third-order valence-electron chi connectivity index (χ3n) is 2.84. The second kappa shape index (κ2) is 5.40. The second-order valence-electron chi connectivity index (χ2n) is 5.55. The first-order valence-electron chi connectivity index (χ1n) is 5.89. The fourth-order valence-electron chi connectivity index (χ4n) is 1.83. The highest BCUT2D eigenvalue weighted by Gasteiger charge is 2.43. The number of amides is 1. The minimum absolute atomic E-state index is 0.0464. The zero-order valence-electron chi connectivity index (χ0n) is 10.9. The standard InChI is InChI=1S/C11H22N2O5/c1-11(2,3)18-10(17)13-4-6(5-14)7(15)8(16)9(13)12/h6-9,14-16H,4-5,12H2,1-3H3/t6-,7+,8+,9+/m1/s1. The van der Waals surface area contributed by atoms with Crippen molar-refractivity contribution in [2.45, 2.75) is 44.7 Å². The summed E-state index contributed by atoms with van der Waals surface area (Å²) in [5.41, 5.74) is 5.01. The van der Waals surface area contributed by atoms with Crippen LogP contribution in [0.5, 0.6) is 0 Å². The van der Waals surface area contributed by atoms with Gasteiger partial charge in [0.2, 0.25) is 0 Å². The minimum atomic E-state index is -1.30. The third kappa shape index (κ3) is 3.32. The lowest BCUT2D eigenvalue weighted by molar-refractivity contribution is -0.114. The van der Waals surface area contributed by atoms with Crippen LogP contribution in [-0.2, 0) is 4.74 Å². The van der Waals surface area contributed by atoms with Gasteiger partial charge in [0, 0.05) is 12.5 Å². The Kier molecular flexibility index (Phi) is 4.55. The summed E-state index contributed by atoms with van der Waals surface area (Å²) in [6.45, 7) is 4.86. The summed E-state index contributed by atoms with van der Waals surface area (Å²) in [7, 11) is 0. The van der Waals surface area contributed by atoms with Crippen molar-refractivity contribution in [3.05, 3.63) is 0 Å². The van der Waals surface area contributed by atoms with E-state index in [0.717, 1.165) is 4.90 Å². The fraction of sp³-hybridized carbons (Fsp3) is 0.909. The molecule has 1 rings (SSSR count). The largest absolute Gasteiger partial charge is 0.444 e. The molecule has 1 saturated heterocycles. The van der Waals surface area contributed by atoms with Gasteiger partial charge in [-0.15, -0.1) is 0 Å². The van der Waals surface area contributed by atoms with E-state index >= 15 is 0 Å². The molecule has 1 aliphatic rings. The first-order chi connectivity index (χ1) is 8.17. The molecule has 0 aromatic rings. The van der Waals surface area contributed by atoms with E-state index in [0.29, 0.717) is 0 Å². The number of nitrogens with zero attached hydrogens (tertiary/aromatic N) is 1. The number of carbonyl (C=O) groups is 1. The molecule has 1 amide bonds. The number of ether oxygens (including phenoxy) is 1. The Labute approximate surface area is 106 Å². The van der Waals surface area contributed by atoms with Crippen LogP contribution in [0.25, 0.3) is 0 Å². The van der Waals surface area contributed by atoms with Gasteiger partial charge in [-0.1, -0.05) is 0 Å². The van der Waals surface area contributed by atoms with Crippen LogP contribution in [0.3, 0.4) is 0 Å². The van der Waals surface area contributed by atoms with Gasteiger partial charge in [-0.05, 0) is 20.8 Å². The van der Waals surface area contributed by atoms with Crippen molar-refractivity contribution in [3.63, 3.8) is 0 Å². The van der Waals surface area contributed by atoms with Gasteiger partial charge in [0.15, 0.2) is 0 Å². The quantitative estimate of drug-likeness (QED) is 0.474. The average Bonchev–Trinajstić information content (AvgIpc) is 2.24. The molecule has 0 bridgehead atoms. The van der Waals surface area contributed by atoms with Crippen molar-refractivity contribution in [1.82, 2.24) is 4.90 Å². The van der Waals surface area contributed by atoms with Crippen molar-refractivity contribution < 1.29 is 24.9 Å². The van der Waals surface area contributed by atoms with E-state index < -0.39 is 36.0 Å². The van der Waals surface area contributed by atoms with E-state index in [9.17, 15) is 15.0 Å². The predicted molar refractivity (Wildman–Crippen MR) is 63.5 cm³/mol. The monoisotopic (exact) mass is 262 g/mol. The highest BCUT2D eigenvalue weighted by molar-refractivity contribution is 5.68. The Balaban J connectivity index is 2.78. The van der Waals surface area contributed by atoms with Crippen LogP contribution in [-0.4, -0.2) is 63.4 Å². The van der Waals surface area contributed by atoms with E-state index in [1.165, 1.54) is 0 Å². The Morgan fingerprint density at radius 3 is 2.39 bits per heavy atom. The zero-order valence-corrected chi connectivity index (χ0v) is 10.9. The number of hydrogen-bond donors (Lipinski definition) is 4. The highest BCUT2D eigenvalue weighted by atomic mass is 16.6. The van der Waals surface area contributed by atoms with E-state index in [4.69, 9.17) is 15.6 Å². The van der Waals surface area contributed by atoms with E-state index in [-0.39, 0.29) is 13.2 Å². The van der Waals surface area contributed by atoms with Crippen LogP contribution < -0.4 is 5.73 Å². The number of hydrogen-bond acceptors (Lipinski definition) is 6. The lowest BCUT2D eigenvalue weighted by atomic mass is 9.91. The third-order valence-corrected chi connectivity index (χ3v) is 2.84. The maximum Gasteiger partial charge on any atom is 0.411 e. The van der Waals surface area contributed by atoms with Gasteiger partial charge in [0.1, 0.15) is 17.9 Å². The molecule has 1 aliphatic heterocycles. The molecular formula is C11H22N2O5. The van der Waals surface area contributed by atoms with Gasteiger partial charge in [0.05, 0.1) is 12.7 Å². The van der Waals surface area contributed by atoms with Crippen LogP contribution in [0.4, 0.5) is 4.79 Å². The van der Waals surface area contributed by atoms with E-state index in [1.54, 1.807) is 20.8 Å². The van der Waals surface area contributed by atoms with Crippen LogP contribution >= 0.6 is 0 Å². The Morgan fingerprint density at radius 1 is 1.39 bits per heavy atom. The van der Waals surface area contributed by atoms with Crippen molar-refractivity contribution >= 4 is 6.09 Å². The zero-order chi connectivity index (χ0) is 14.1. The first kappa shape index (κ1) is 15.2. The number of likely N-dealkylation sites (tertiary alicyclic amines) is 1. The average molecular weight is 262 g/mol. The van der Waals surface area contributed by atoms with Crippen molar-refractivity contribution in [2.24, 2.45) is 11.7 Å². The molecule has 7 heteroatoms. The molecule has 0 saturated carbocycles. The van der Waals surface area contributed by atoms with Crippen LogP contribution in [0, 0.1) is 5.92 Å². The maximum atomic E-state index is 11.9. The van der Waals surface area contributed by atoms with E-state index in [2.05, 4.69) is 0 Å². The molecule has 106 valence electrons. The number of piperidine rings is 1. The van der Waals surface area contributed by atoms with Gasteiger partial charge in [-0.25, -0.2) is 4.79 Å². The number of nitrogens with two attached hydrogens (primary N) is 1. The summed E-state index contributed by atoms with van der Waals surface area (Å²) in [5, 5.41) is 28.5. The molecule has 1 fully saturated rings. The molecule has 0 radical (unpaired) electrons. The summed E-state index contributed by atoms with van der Waals surface area (Å²) in [6, 6.07) is 0. The van der Waals surface area contributed by atoms with Crippen molar-refractivity contribution in [2.75, 3.05) is 13.2 Å². The molecule has 0 aliphatic carbocycles. The Morgan fingerprint density at radius 2 is 1.94 bits per heavy atom. The number of aliphatic hydroxyl groups excluding tert-OH is 3. The molecule has 0 spiro atoms. The summed E-state index contributed by atoms with van der Waals surface area (Å²) >= 11 is 0. The number of rotatable bonds is 1. The van der Waals surface area contributed by atoms with Gasteiger partial charge < -0.3 is 25.8 Å².